The molecular formula is C14H18Cl2N2O2. The number of hydrogen-bond donors (Lipinski definition) is 1. The number of hydrogen-bond acceptors (Lipinski definition) is 2. The molecule has 1 N–H and O–H groups in total. The third-order valence-corrected chi connectivity index (χ3v) is 3.85. The number of nitrogens with one attached hydrogen (secondary N) is 1. The second-order valence-corrected chi connectivity index (χ2v) is 5.08. The average Bonchev–Trinajstić information content (AvgIpc) is 2.45. The average molecular weight is 317 g/mol. The van der Waals surface area contributed by atoms with Gasteiger partial charge in [0.15, 0.2) is 0 Å². The van der Waals surface area contributed by atoms with Gasteiger partial charge in [-0.2, -0.15) is 0 Å². The van der Waals surface area contributed by atoms with Crippen molar-refractivity contribution >= 4 is 35.0 Å². The molecule has 6 heteroatoms. The number of carbonyl (C=O) groups excluding carboxylic acids is 2. The van der Waals surface area contributed by atoms with Gasteiger partial charge in [-0.3, -0.25) is 9.59 Å². The van der Waals surface area contributed by atoms with Crippen molar-refractivity contribution in [3.8, 4) is 0 Å². The van der Waals surface area contributed by atoms with Crippen LogP contribution in [0.5, 0.6) is 0 Å². The summed E-state index contributed by atoms with van der Waals surface area (Å²) in [5.74, 6) is -0.256. The lowest BCUT2D eigenvalue weighted by Gasteiger charge is -2.20. The molecule has 20 heavy (non-hydrogen) atoms. The van der Waals surface area contributed by atoms with Crippen LogP contribution in [0.15, 0.2) is 18.2 Å². The van der Waals surface area contributed by atoms with E-state index in [-0.39, 0.29) is 18.4 Å². The van der Waals surface area contributed by atoms with Crippen LogP contribution in [0.25, 0.3) is 0 Å². The molecule has 0 fully saturated rings. The zero-order valence-electron chi connectivity index (χ0n) is 11.6. The van der Waals surface area contributed by atoms with Crippen LogP contribution in [-0.4, -0.2) is 36.9 Å². The number of likely N-dealkylation sites (N-methyl/N-ethyl adjacent to an activating group) is 2. The van der Waals surface area contributed by atoms with E-state index in [9.17, 15) is 9.59 Å². The van der Waals surface area contributed by atoms with Crippen LogP contribution in [0.2, 0.25) is 10.0 Å². The fourth-order valence-electron chi connectivity index (χ4n) is 1.77. The molecule has 110 valence electrons. The highest BCUT2D eigenvalue weighted by atomic mass is 35.5. The van der Waals surface area contributed by atoms with Gasteiger partial charge in [0.05, 0.1) is 16.6 Å². The van der Waals surface area contributed by atoms with E-state index >= 15 is 0 Å². The topological polar surface area (TPSA) is 49.4 Å². The van der Waals surface area contributed by atoms with Gasteiger partial charge in [-0.1, -0.05) is 35.3 Å². The van der Waals surface area contributed by atoms with E-state index in [0.717, 1.165) is 5.56 Å². The van der Waals surface area contributed by atoms with Crippen molar-refractivity contribution < 1.29 is 9.59 Å². The number of carbonyl (C=O) groups is 2. The second-order valence-electron chi connectivity index (χ2n) is 4.29. The molecule has 0 heterocycles. The summed E-state index contributed by atoms with van der Waals surface area (Å²) in [4.78, 5) is 24.9. The van der Waals surface area contributed by atoms with Gasteiger partial charge in [-0.25, -0.2) is 0 Å². The second kappa shape index (κ2) is 8.12. The number of halogens is 2. The van der Waals surface area contributed by atoms with E-state index in [4.69, 9.17) is 23.2 Å². The molecule has 0 unspecified atom stereocenters. The molecule has 0 saturated heterocycles. The third kappa shape index (κ3) is 4.69. The van der Waals surface area contributed by atoms with Crippen molar-refractivity contribution in [2.45, 2.75) is 19.8 Å². The minimum atomic E-state index is -0.180. The standard InChI is InChI=1S/C14H18Cl2N2O2/c1-3-18(9-12(19)17-2)13(20)8-7-10-5-4-6-11(15)14(10)16/h4-6H,3,7-9H2,1-2H3,(H,17,19). The Kier molecular flexibility index (Phi) is 6.82. The largest absolute Gasteiger partial charge is 0.358 e. The minimum Gasteiger partial charge on any atom is -0.358 e. The highest BCUT2D eigenvalue weighted by molar-refractivity contribution is 6.42. The molecule has 1 rings (SSSR count). The molecular weight excluding hydrogens is 299 g/mol. The van der Waals surface area contributed by atoms with Crippen molar-refractivity contribution in [1.29, 1.82) is 0 Å². The molecule has 0 aliphatic rings. The Balaban J connectivity index is 2.61. The highest BCUT2D eigenvalue weighted by Gasteiger charge is 2.15. The number of rotatable bonds is 6. The first-order valence-electron chi connectivity index (χ1n) is 6.40. The Hall–Kier alpha value is -1.26. The lowest BCUT2D eigenvalue weighted by atomic mass is 10.1. The monoisotopic (exact) mass is 316 g/mol. The Morgan fingerprint density at radius 3 is 2.60 bits per heavy atom. The zero-order chi connectivity index (χ0) is 15.1. The van der Waals surface area contributed by atoms with E-state index in [0.29, 0.717) is 29.4 Å². The number of nitrogens with zero attached hydrogens (tertiary/aromatic N) is 1. The molecule has 0 spiro atoms. The first-order chi connectivity index (χ1) is 9.49. The van der Waals surface area contributed by atoms with Crippen molar-refractivity contribution in [1.82, 2.24) is 10.2 Å². The molecule has 2 amide bonds. The molecule has 0 bridgehead atoms. The van der Waals surface area contributed by atoms with Crippen LogP contribution >= 0.6 is 23.2 Å². The van der Waals surface area contributed by atoms with Crippen LogP contribution in [0.3, 0.4) is 0 Å². The van der Waals surface area contributed by atoms with Crippen LogP contribution in [0.1, 0.15) is 18.9 Å². The summed E-state index contributed by atoms with van der Waals surface area (Å²) >= 11 is 12.0. The first kappa shape index (κ1) is 16.8. The molecule has 0 aromatic heterocycles. The Morgan fingerprint density at radius 1 is 1.30 bits per heavy atom. The van der Waals surface area contributed by atoms with Crippen LogP contribution < -0.4 is 5.32 Å². The zero-order valence-corrected chi connectivity index (χ0v) is 13.1. The van der Waals surface area contributed by atoms with Gasteiger partial charge >= 0.3 is 0 Å². The van der Waals surface area contributed by atoms with Crippen LogP contribution in [-0.2, 0) is 16.0 Å². The molecule has 4 nitrogen and oxygen atoms in total. The maximum Gasteiger partial charge on any atom is 0.239 e. The van der Waals surface area contributed by atoms with Gasteiger partial charge in [0.2, 0.25) is 11.8 Å². The maximum absolute atomic E-state index is 12.1. The van der Waals surface area contributed by atoms with E-state index < -0.39 is 0 Å². The van der Waals surface area contributed by atoms with Crippen molar-refractivity contribution in [3.05, 3.63) is 33.8 Å². The number of amides is 2. The van der Waals surface area contributed by atoms with E-state index in [1.54, 1.807) is 19.2 Å². The van der Waals surface area contributed by atoms with E-state index in [2.05, 4.69) is 5.32 Å². The fourth-order valence-corrected chi connectivity index (χ4v) is 2.18. The Bertz CT molecular complexity index is 492. The molecule has 0 saturated carbocycles. The summed E-state index contributed by atoms with van der Waals surface area (Å²) in [6, 6.07) is 5.35. The Labute approximate surface area is 129 Å². The minimum absolute atomic E-state index is 0.0767. The summed E-state index contributed by atoms with van der Waals surface area (Å²) in [5.41, 5.74) is 0.837. The summed E-state index contributed by atoms with van der Waals surface area (Å²) in [5, 5.41) is 3.47. The predicted octanol–water partition coefficient (Wildman–Crippen LogP) is 2.52. The summed E-state index contributed by atoms with van der Waals surface area (Å²) in [7, 11) is 1.55. The van der Waals surface area contributed by atoms with Crippen molar-refractivity contribution in [2.24, 2.45) is 0 Å². The molecule has 0 aliphatic carbocycles. The normalized spacial score (nSPS) is 10.2. The van der Waals surface area contributed by atoms with Gasteiger partial charge < -0.3 is 10.2 Å². The quantitative estimate of drug-likeness (QED) is 0.876. The highest BCUT2D eigenvalue weighted by Crippen LogP contribution is 2.26. The molecule has 0 atom stereocenters. The van der Waals surface area contributed by atoms with Crippen molar-refractivity contribution in [3.63, 3.8) is 0 Å². The molecule has 1 aromatic rings. The molecule has 1 aromatic carbocycles. The molecule has 0 radical (unpaired) electrons. The van der Waals surface area contributed by atoms with Crippen molar-refractivity contribution in [2.75, 3.05) is 20.1 Å². The first-order valence-corrected chi connectivity index (χ1v) is 7.16. The SMILES string of the molecule is CCN(CC(=O)NC)C(=O)CCc1cccc(Cl)c1Cl. The van der Waals surface area contributed by atoms with Gasteiger partial charge in [0, 0.05) is 20.0 Å². The van der Waals surface area contributed by atoms with Gasteiger partial charge in [-0.05, 0) is 25.0 Å². The summed E-state index contributed by atoms with van der Waals surface area (Å²) < 4.78 is 0. The lowest BCUT2D eigenvalue weighted by molar-refractivity contribution is -0.135. The summed E-state index contributed by atoms with van der Waals surface area (Å²) in [6.45, 7) is 2.41. The fraction of sp³-hybridized carbons (Fsp3) is 0.429. The van der Waals surface area contributed by atoms with E-state index in [1.807, 2.05) is 13.0 Å². The van der Waals surface area contributed by atoms with Gasteiger partial charge in [0.25, 0.3) is 0 Å². The lowest BCUT2D eigenvalue weighted by Crippen LogP contribution is -2.39. The summed E-state index contributed by atoms with van der Waals surface area (Å²) in [6.07, 6.45) is 0.799. The Morgan fingerprint density at radius 2 is 2.00 bits per heavy atom. The smallest absolute Gasteiger partial charge is 0.239 e. The predicted molar refractivity (Wildman–Crippen MR) is 81.1 cm³/mol. The van der Waals surface area contributed by atoms with E-state index in [1.165, 1.54) is 4.90 Å². The number of benzene rings is 1. The van der Waals surface area contributed by atoms with Crippen LogP contribution in [0.4, 0.5) is 0 Å². The maximum atomic E-state index is 12.1. The van der Waals surface area contributed by atoms with Gasteiger partial charge in [-0.15, -0.1) is 0 Å². The third-order valence-electron chi connectivity index (χ3n) is 2.99. The molecule has 0 aliphatic heterocycles. The number of aryl methyl sites for hydroxylation is 1. The van der Waals surface area contributed by atoms with Gasteiger partial charge in [0.1, 0.15) is 0 Å². The van der Waals surface area contributed by atoms with Crippen LogP contribution in [0, 0.1) is 0 Å².